The van der Waals surface area contributed by atoms with Crippen LogP contribution in [0.2, 0.25) is 0 Å². The Morgan fingerprint density at radius 1 is 1.13 bits per heavy atom. The third kappa shape index (κ3) is 4.10. The molecule has 4 nitrogen and oxygen atoms in total. The summed E-state index contributed by atoms with van der Waals surface area (Å²) in [6.45, 7) is 4.33. The summed E-state index contributed by atoms with van der Waals surface area (Å²) >= 11 is 0. The Morgan fingerprint density at radius 3 is 2.90 bits per heavy atom. The zero-order valence-electron chi connectivity index (χ0n) is 17.8. The lowest BCUT2D eigenvalue weighted by atomic mass is 9.71. The van der Waals surface area contributed by atoms with Crippen molar-refractivity contribution in [1.29, 1.82) is 0 Å². The van der Waals surface area contributed by atoms with Crippen LogP contribution in [-0.4, -0.2) is 53.6 Å². The van der Waals surface area contributed by atoms with Crippen LogP contribution in [0, 0.1) is 17.7 Å². The van der Waals surface area contributed by atoms with Gasteiger partial charge in [-0.3, -0.25) is 14.8 Å². The first kappa shape index (κ1) is 20.0. The first-order chi connectivity index (χ1) is 14.7. The standard InChI is InChI=1S/C25H32FN3O/c1-30-23-8-9-27-22(14-23)17-28-15-19-13-20(16-28)25(29-10-3-2-7-24(19)29)12-18-5-4-6-21(26)11-18/h4-6,8-9,11,14,19-20,24-25H,2-3,7,10,12-13,15-17H2,1H3/t19-,20+,24+,25+/m1/s1. The van der Waals surface area contributed by atoms with Crippen LogP contribution in [0.4, 0.5) is 4.39 Å². The van der Waals surface area contributed by atoms with Gasteiger partial charge in [-0.15, -0.1) is 0 Å². The summed E-state index contributed by atoms with van der Waals surface area (Å²) in [5, 5.41) is 0. The number of pyridine rings is 1. The quantitative estimate of drug-likeness (QED) is 0.742. The summed E-state index contributed by atoms with van der Waals surface area (Å²) in [5.74, 6) is 2.12. The molecule has 1 aromatic carbocycles. The number of piperidine rings is 3. The zero-order valence-corrected chi connectivity index (χ0v) is 17.8. The number of fused-ring (bicyclic) bond motifs is 4. The summed E-state index contributed by atoms with van der Waals surface area (Å²) in [4.78, 5) is 9.98. The highest BCUT2D eigenvalue weighted by Gasteiger charge is 2.46. The van der Waals surface area contributed by atoms with E-state index < -0.39 is 0 Å². The molecule has 160 valence electrons. The number of halogens is 1. The van der Waals surface area contributed by atoms with Crippen molar-refractivity contribution in [2.24, 2.45) is 11.8 Å². The number of nitrogens with zero attached hydrogens (tertiary/aromatic N) is 3. The SMILES string of the molecule is COc1ccnc(CN2C[C@H]3C[C@@H](C2)[C@H](Cc2cccc(F)c2)N2CCCC[C@@H]32)c1. The third-order valence-electron chi connectivity index (χ3n) is 7.44. The Kier molecular flexibility index (Phi) is 5.74. The van der Waals surface area contributed by atoms with Gasteiger partial charge < -0.3 is 4.74 Å². The van der Waals surface area contributed by atoms with Crippen LogP contribution in [0.1, 0.15) is 36.9 Å². The fraction of sp³-hybridized carbons (Fsp3) is 0.560. The first-order valence-electron chi connectivity index (χ1n) is 11.4. The van der Waals surface area contributed by atoms with Gasteiger partial charge in [-0.1, -0.05) is 18.6 Å². The maximum atomic E-state index is 13.8. The molecule has 5 rings (SSSR count). The molecule has 0 amide bonds. The molecule has 1 aromatic heterocycles. The van der Waals surface area contributed by atoms with Crippen LogP contribution in [0.3, 0.4) is 0 Å². The van der Waals surface area contributed by atoms with Crippen molar-refractivity contribution >= 4 is 0 Å². The van der Waals surface area contributed by atoms with E-state index in [1.807, 2.05) is 18.3 Å². The molecule has 3 aliphatic heterocycles. The molecule has 0 radical (unpaired) electrons. The molecule has 0 N–H and O–H groups in total. The molecule has 4 atom stereocenters. The molecular formula is C25H32FN3O. The van der Waals surface area contributed by atoms with E-state index in [1.165, 1.54) is 32.2 Å². The van der Waals surface area contributed by atoms with E-state index in [2.05, 4.69) is 26.9 Å². The summed E-state index contributed by atoms with van der Waals surface area (Å²) in [6.07, 6.45) is 8.05. The van der Waals surface area contributed by atoms with Crippen molar-refractivity contribution < 1.29 is 9.13 Å². The minimum absolute atomic E-state index is 0.120. The summed E-state index contributed by atoms with van der Waals surface area (Å²) in [5.41, 5.74) is 2.21. The van der Waals surface area contributed by atoms with Gasteiger partial charge in [-0.25, -0.2) is 4.39 Å². The molecule has 3 aliphatic rings. The van der Waals surface area contributed by atoms with E-state index in [-0.39, 0.29) is 5.82 Å². The van der Waals surface area contributed by atoms with Crippen LogP contribution < -0.4 is 4.74 Å². The van der Waals surface area contributed by atoms with Crippen molar-refractivity contribution in [3.63, 3.8) is 0 Å². The second kappa shape index (κ2) is 8.64. The number of rotatable bonds is 5. The van der Waals surface area contributed by atoms with Gasteiger partial charge in [0, 0.05) is 44.0 Å². The Labute approximate surface area is 179 Å². The van der Waals surface area contributed by atoms with E-state index in [0.717, 1.165) is 49.0 Å². The summed E-state index contributed by atoms with van der Waals surface area (Å²) in [7, 11) is 1.71. The van der Waals surface area contributed by atoms with Gasteiger partial charge in [0.05, 0.1) is 12.8 Å². The van der Waals surface area contributed by atoms with Gasteiger partial charge in [-0.05, 0) is 67.8 Å². The lowest BCUT2D eigenvalue weighted by Crippen LogP contribution is -2.63. The summed E-state index contributed by atoms with van der Waals surface area (Å²) in [6, 6.07) is 12.4. The molecule has 0 unspecified atom stereocenters. The van der Waals surface area contributed by atoms with E-state index in [9.17, 15) is 4.39 Å². The number of ether oxygens (including phenoxy) is 1. The highest BCUT2D eigenvalue weighted by Crippen LogP contribution is 2.42. The topological polar surface area (TPSA) is 28.6 Å². The maximum absolute atomic E-state index is 13.8. The first-order valence-corrected chi connectivity index (χ1v) is 11.4. The molecule has 5 heteroatoms. The molecule has 0 saturated carbocycles. The minimum Gasteiger partial charge on any atom is -0.497 e. The number of methoxy groups -OCH3 is 1. The smallest absolute Gasteiger partial charge is 0.123 e. The van der Waals surface area contributed by atoms with Crippen molar-refractivity contribution in [3.05, 3.63) is 59.7 Å². The van der Waals surface area contributed by atoms with Crippen LogP contribution >= 0.6 is 0 Å². The van der Waals surface area contributed by atoms with Crippen LogP contribution in [-0.2, 0) is 13.0 Å². The fourth-order valence-corrected chi connectivity index (χ4v) is 6.22. The zero-order chi connectivity index (χ0) is 20.5. The van der Waals surface area contributed by atoms with Crippen LogP contribution in [0.5, 0.6) is 5.75 Å². The van der Waals surface area contributed by atoms with Crippen molar-refractivity contribution in [2.45, 2.75) is 50.7 Å². The molecule has 0 spiro atoms. The molecule has 30 heavy (non-hydrogen) atoms. The second-order valence-electron chi connectivity index (χ2n) is 9.34. The molecule has 0 aliphatic carbocycles. The number of hydrogen-bond donors (Lipinski definition) is 0. The molecule has 4 heterocycles. The van der Waals surface area contributed by atoms with Gasteiger partial charge in [0.15, 0.2) is 0 Å². The average molecular weight is 410 g/mol. The summed E-state index contributed by atoms with van der Waals surface area (Å²) < 4.78 is 19.2. The Hall–Kier alpha value is -1.98. The fourth-order valence-electron chi connectivity index (χ4n) is 6.22. The third-order valence-corrected chi connectivity index (χ3v) is 7.44. The van der Waals surface area contributed by atoms with Gasteiger partial charge in [0.25, 0.3) is 0 Å². The normalized spacial score (nSPS) is 29.4. The largest absolute Gasteiger partial charge is 0.497 e. The molecule has 3 fully saturated rings. The molecule has 2 bridgehead atoms. The van der Waals surface area contributed by atoms with E-state index >= 15 is 0 Å². The monoisotopic (exact) mass is 409 g/mol. The van der Waals surface area contributed by atoms with Gasteiger partial charge >= 0.3 is 0 Å². The van der Waals surface area contributed by atoms with Crippen LogP contribution in [0.25, 0.3) is 0 Å². The molecule has 3 saturated heterocycles. The van der Waals surface area contributed by atoms with Crippen LogP contribution in [0.15, 0.2) is 42.6 Å². The Morgan fingerprint density at radius 2 is 2.03 bits per heavy atom. The second-order valence-corrected chi connectivity index (χ2v) is 9.34. The van der Waals surface area contributed by atoms with Gasteiger partial charge in [0.2, 0.25) is 0 Å². The predicted octanol–water partition coefficient (Wildman–Crippen LogP) is 4.15. The lowest BCUT2D eigenvalue weighted by molar-refractivity contribution is -0.0731. The highest BCUT2D eigenvalue weighted by molar-refractivity contribution is 5.23. The van der Waals surface area contributed by atoms with Gasteiger partial charge in [-0.2, -0.15) is 0 Å². The van der Waals surface area contributed by atoms with Crippen molar-refractivity contribution in [1.82, 2.24) is 14.8 Å². The molecular weight excluding hydrogens is 377 g/mol. The predicted molar refractivity (Wildman–Crippen MR) is 116 cm³/mol. The Bertz CT molecular complexity index is 875. The average Bonchev–Trinajstić information content (AvgIpc) is 2.77. The van der Waals surface area contributed by atoms with E-state index in [0.29, 0.717) is 18.0 Å². The van der Waals surface area contributed by atoms with Crippen molar-refractivity contribution in [2.75, 3.05) is 26.7 Å². The number of benzene rings is 1. The maximum Gasteiger partial charge on any atom is 0.123 e. The highest BCUT2D eigenvalue weighted by atomic mass is 19.1. The Balaban J connectivity index is 1.36. The molecule has 2 aromatic rings. The van der Waals surface area contributed by atoms with Crippen molar-refractivity contribution in [3.8, 4) is 5.75 Å². The number of likely N-dealkylation sites (tertiary alicyclic amines) is 1. The number of aromatic nitrogens is 1. The van der Waals surface area contributed by atoms with E-state index in [1.54, 1.807) is 19.2 Å². The minimum atomic E-state index is -0.120. The number of hydrogen-bond acceptors (Lipinski definition) is 4. The van der Waals surface area contributed by atoms with E-state index in [4.69, 9.17) is 4.74 Å². The van der Waals surface area contributed by atoms with Gasteiger partial charge in [0.1, 0.15) is 11.6 Å². The lowest BCUT2D eigenvalue weighted by Gasteiger charge is -2.57.